The summed E-state index contributed by atoms with van der Waals surface area (Å²) in [6.45, 7) is 6.59. The molecule has 1 aliphatic rings. The zero-order valence-electron chi connectivity index (χ0n) is 12.0. The lowest BCUT2D eigenvalue weighted by atomic mass is 9.88. The summed E-state index contributed by atoms with van der Waals surface area (Å²) in [5.74, 6) is 0.778. The highest BCUT2D eigenvalue weighted by molar-refractivity contribution is 5.41. The zero-order chi connectivity index (χ0) is 13.1. The Bertz CT molecular complexity index is 379. The van der Waals surface area contributed by atoms with Gasteiger partial charge in [-0.15, -0.1) is 0 Å². The van der Waals surface area contributed by atoms with E-state index in [1.807, 2.05) is 0 Å². The molecule has 0 aliphatic heterocycles. The molecule has 0 aromatic heterocycles. The van der Waals surface area contributed by atoms with Crippen LogP contribution in [0, 0.1) is 5.92 Å². The molecular formula is C17H26O. The molecule has 1 aromatic rings. The lowest BCUT2D eigenvalue weighted by Crippen LogP contribution is -2.08. The highest BCUT2D eigenvalue weighted by Gasteiger charge is 2.27. The highest BCUT2D eigenvalue weighted by atomic mass is 16.3. The summed E-state index contributed by atoms with van der Waals surface area (Å²) in [5, 5.41) is 10.5. The summed E-state index contributed by atoms with van der Waals surface area (Å²) in [5.41, 5.74) is 5.37. The van der Waals surface area contributed by atoms with Gasteiger partial charge in [0.25, 0.3) is 0 Å². The van der Waals surface area contributed by atoms with E-state index in [1.54, 1.807) is 0 Å². The number of aliphatic hydroxyl groups is 1. The first-order valence-electron chi connectivity index (χ1n) is 7.52. The van der Waals surface area contributed by atoms with E-state index in [9.17, 15) is 5.11 Å². The Morgan fingerprint density at radius 3 is 2.00 bits per heavy atom. The molecule has 1 unspecified atom stereocenters. The molecular weight excluding hydrogens is 220 g/mol. The van der Waals surface area contributed by atoms with Gasteiger partial charge in [0.05, 0.1) is 6.10 Å². The molecule has 0 amide bonds. The van der Waals surface area contributed by atoms with Crippen molar-refractivity contribution >= 4 is 0 Å². The summed E-state index contributed by atoms with van der Waals surface area (Å²) < 4.78 is 0. The molecule has 1 aliphatic carbocycles. The van der Waals surface area contributed by atoms with Gasteiger partial charge >= 0.3 is 0 Å². The quantitative estimate of drug-likeness (QED) is 0.797. The van der Waals surface area contributed by atoms with Crippen LogP contribution in [0.5, 0.6) is 0 Å². The molecule has 0 radical (unpaired) electrons. The van der Waals surface area contributed by atoms with Crippen LogP contribution in [-0.2, 0) is 19.3 Å². The first kappa shape index (κ1) is 13.6. The van der Waals surface area contributed by atoms with Crippen molar-refractivity contribution in [3.8, 4) is 0 Å². The van der Waals surface area contributed by atoms with E-state index in [2.05, 4.69) is 32.9 Å². The minimum Gasteiger partial charge on any atom is -0.388 e. The van der Waals surface area contributed by atoms with Crippen molar-refractivity contribution < 1.29 is 5.11 Å². The average molecular weight is 246 g/mol. The third-order valence-corrected chi connectivity index (χ3v) is 4.17. The monoisotopic (exact) mass is 246 g/mol. The summed E-state index contributed by atoms with van der Waals surface area (Å²) >= 11 is 0. The highest BCUT2D eigenvalue weighted by Crippen LogP contribution is 2.39. The van der Waals surface area contributed by atoms with Crippen molar-refractivity contribution in [2.24, 2.45) is 5.92 Å². The van der Waals surface area contributed by atoms with E-state index in [0.29, 0.717) is 0 Å². The lowest BCUT2D eigenvalue weighted by Gasteiger charge is -2.20. The van der Waals surface area contributed by atoms with Gasteiger partial charge in [-0.3, -0.25) is 0 Å². The average Bonchev–Trinajstić information content (AvgIpc) is 3.20. The predicted molar refractivity (Wildman–Crippen MR) is 76.9 cm³/mol. The third kappa shape index (κ3) is 2.95. The minimum absolute atomic E-state index is 0.242. The fourth-order valence-corrected chi connectivity index (χ4v) is 2.86. The second-order valence-electron chi connectivity index (χ2n) is 5.58. The first-order chi connectivity index (χ1) is 8.69. The Hall–Kier alpha value is -0.820. The van der Waals surface area contributed by atoms with Gasteiger partial charge in [0.2, 0.25) is 0 Å². The zero-order valence-corrected chi connectivity index (χ0v) is 12.0. The van der Waals surface area contributed by atoms with E-state index >= 15 is 0 Å². The Balaban J connectivity index is 2.34. The Morgan fingerprint density at radius 1 is 1.06 bits per heavy atom. The fraction of sp³-hybridized carbons (Fsp3) is 0.647. The number of hydrogen-bond acceptors (Lipinski definition) is 1. The molecule has 0 saturated heterocycles. The van der Waals surface area contributed by atoms with Crippen LogP contribution in [0.4, 0.5) is 0 Å². The Morgan fingerprint density at radius 2 is 1.61 bits per heavy atom. The fourth-order valence-electron chi connectivity index (χ4n) is 2.86. The van der Waals surface area contributed by atoms with Gasteiger partial charge in [-0.2, -0.15) is 0 Å². The molecule has 1 nitrogen and oxygen atoms in total. The molecule has 0 heterocycles. The minimum atomic E-state index is -0.242. The van der Waals surface area contributed by atoms with Crippen molar-refractivity contribution in [3.05, 3.63) is 34.4 Å². The van der Waals surface area contributed by atoms with Crippen molar-refractivity contribution in [2.75, 3.05) is 0 Å². The van der Waals surface area contributed by atoms with Crippen LogP contribution in [0.3, 0.4) is 0 Å². The van der Waals surface area contributed by atoms with Gasteiger partial charge in [-0.05, 0) is 53.9 Å². The SMILES string of the molecule is CCc1cc(CC)c(C(O)CC2CC2)c(CC)c1. The largest absolute Gasteiger partial charge is 0.388 e. The smallest absolute Gasteiger partial charge is 0.0798 e. The van der Waals surface area contributed by atoms with Crippen LogP contribution in [-0.4, -0.2) is 5.11 Å². The van der Waals surface area contributed by atoms with Gasteiger partial charge < -0.3 is 5.11 Å². The van der Waals surface area contributed by atoms with Gasteiger partial charge in [0, 0.05) is 0 Å². The predicted octanol–water partition coefficient (Wildman–Crippen LogP) is 4.21. The molecule has 1 saturated carbocycles. The van der Waals surface area contributed by atoms with Gasteiger partial charge in [-0.1, -0.05) is 45.7 Å². The molecule has 0 bridgehead atoms. The first-order valence-corrected chi connectivity index (χ1v) is 7.52. The van der Waals surface area contributed by atoms with E-state index in [1.165, 1.54) is 35.1 Å². The lowest BCUT2D eigenvalue weighted by molar-refractivity contribution is 0.158. The van der Waals surface area contributed by atoms with E-state index in [4.69, 9.17) is 0 Å². The van der Waals surface area contributed by atoms with Crippen molar-refractivity contribution in [1.29, 1.82) is 0 Å². The number of benzene rings is 1. The molecule has 100 valence electrons. The Labute approximate surface area is 111 Å². The van der Waals surface area contributed by atoms with E-state index < -0.39 is 0 Å². The van der Waals surface area contributed by atoms with Crippen LogP contribution in [0.25, 0.3) is 0 Å². The van der Waals surface area contributed by atoms with Gasteiger partial charge in [0.15, 0.2) is 0 Å². The maximum absolute atomic E-state index is 10.5. The molecule has 1 fully saturated rings. The summed E-state index contributed by atoms with van der Waals surface area (Å²) in [7, 11) is 0. The van der Waals surface area contributed by atoms with E-state index in [-0.39, 0.29) is 6.10 Å². The molecule has 1 aromatic carbocycles. The van der Waals surface area contributed by atoms with Crippen LogP contribution in [0.1, 0.15) is 68.4 Å². The Kier molecular flexibility index (Phi) is 4.45. The van der Waals surface area contributed by atoms with Gasteiger partial charge in [0.1, 0.15) is 0 Å². The topological polar surface area (TPSA) is 20.2 Å². The normalized spacial score (nSPS) is 16.9. The van der Waals surface area contributed by atoms with Crippen LogP contribution < -0.4 is 0 Å². The standard InChI is InChI=1S/C17H26O/c1-4-12-9-14(5-2)17(15(6-3)10-12)16(18)11-13-7-8-13/h9-10,13,16,18H,4-8,11H2,1-3H3. The molecule has 0 spiro atoms. The molecule has 18 heavy (non-hydrogen) atoms. The van der Waals surface area contributed by atoms with Crippen LogP contribution >= 0.6 is 0 Å². The van der Waals surface area contributed by atoms with Crippen LogP contribution in [0.15, 0.2) is 12.1 Å². The van der Waals surface area contributed by atoms with Crippen LogP contribution in [0.2, 0.25) is 0 Å². The summed E-state index contributed by atoms with van der Waals surface area (Å²) in [6, 6.07) is 4.59. The summed E-state index contributed by atoms with van der Waals surface area (Å²) in [6.07, 6.45) is 6.48. The second kappa shape index (κ2) is 5.88. The van der Waals surface area contributed by atoms with Crippen molar-refractivity contribution in [1.82, 2.24) is 0 Å². The molecule has 1 atom stereocenters. The maximum atomic E-state index is 10.5. The number of hydrogen-bond donors (Lipinski definition) is 1. The molecule has 1 N–H and O–H groups in total. The number of aliphatic hydroxyl groups excluding tert-OH is 1. The maximum Gasteiger partial charge on any atom is 0.0798 e. The van der Waals surface area contributed by atoms with E-state index in [0.717, 1.165) is 31.6 Å². The third-order valence-electron chi connectivity index (χ3n) is 4.17. The second-order valence-corrected chi connectivity index (χ2v) is 5.58. The van der Waals surface area contributed by atoms with Crippen molar-refractivity contribution in [2.45, 2.75) is 65.4 Å². The summed E-state index contributed by atoms with van der Waals surface area (Å²) in [4.78, 5) is 0. The molecule has 2 rings (SSSR count). The van der Waals surface area contributed by atoms with Crippen molar-refractivity contribution in [3.63, 3.8) is 0 Å². The number of aryl methyl sites for hydroxylation is 3. The molecule has 1 heteroatoms. The van der Waals surface area contributed by atoms with Gasteiger partial charge in [-0.25, -0.2) is 0 Å². The number of rotatable bonds is 6.